The van der Waals surface area contributed by atoms with Crippen LogP contribution in [0.2, 0.25) is 0 Å². The number of benzene rings is 1. The van der Waals surface area contributed by atoms with Gasteiger partial charge in [0.25, 0.3) is 0 Å². The van der Waals surface area contributed by atoms with Crippen molar-refractivity contribution >= 4 is 21.7 Å². The minimum absolute atomic E-state index is 0.261. The molecule has 0 saturated heterocycles. The van der Waals surface area contributed by atoms with Crippen molar-refractivity contribution in [1.82, 2.24) is 0 Å². The highest BCUT2D eigenvalue weighted by molar-refractivity contribution is 9.09. The summed E-state index contributed by atoms with van der Waals surface area (Å²) in [6.07, 6.45) is 5.28. The van der Waals surface area contributed by atoms with Crippen molar-refractivity contribution in [1.29, 1.82) is 0 Å². The fourth-order valence-electron chi connectivity index (χ4n) is 1.80. The Kier molecular flexibility index (Phi) is 8.43. The van der Waals surface area contributed by atoms with E-state index in [1.54, 1.807) is 0 Å². The molecule has 1 rings (SSSR count). The molecule has 3 heteroatoms. The highest BCUT2D eigenvalue weighted by Gasteiger charge is 1.99. The highest BCUT2D eigenvalue weighted by Crippen LogP contribution is 2.08. The molecule has 0 radical (unpaired) electrons. The van der Waals surface area contributed by atoms with Gasteiger partial charge in [-0.3, -0.25) is 4.79 Å². The number of carbonyl (C=O) groups is 1. The number of carbonyl (C=O) groups excluding carboxylic acids is 1. The SMILES string of the molecule is C=CCc1cccc(COCCCCC(=O)CBr)c1. The van der Waals surface area contributed by atoms with Crippen LogP contribution in [0.15, 0.2) is 36.9 Å². The van der Waals surface area contributed by atoms with Crippen molar-refractivity contribution in [3.05, 3.63) is 48.0 Å². The molecule has 0 unspecified atom stereocenters. The first-order valence-electron chi connectivity index (χ1n) is 6.60. The molecular formula is C16H21BrO2. The van der Waals surface area contributed by atoms with Gasteiger partial charge in [0.15, 0.2) is 0 Å². The number of ketones is 1. The second kappa shape index (κ2) is 9.93. The van der Waals surface area contributed by atoms with E-state index in [0.29, 0.717) is 25.0 Å². The summed E-state index contributed by atoms with van der Waals surface area (Å²) in [6.45, 7) is 5.09. The minimum Gasteiger partial charge on any atom is -0.377 e. The number of hydrogen-bond acceptors (Lipinski definition) is 2. The lowest BCUT2D eigenvalue weighted by Gasteiger charge is -2.06. The fraction of sp³-hybridized carbons (Fsp3) is 0.438. The maximum absolute atomic E-state index is 11.1. The predicted molar refractivity (Wildman–Crippen MR) is 82.7 cm³/mol. The molecule has 0 saturated carbocycles. The van der Waals surface area contributed by atoms with Gasteiger partial charge in [-0.25, -0.2) is 0 Å². The third kappa shape index (κ3) is 7.28. The lowest BCUT2D eigenvalue weighted by Crippen LogP contribution is -2.01. The Morgan fingerprint density at radius 2 is 2.11 bits per heavy atom. The van der Waals surface area contributed by atoms with Gasteiger partial charge in [-0.1, -0.05) is 46.3 Å². The van der Waals surface area contributed by atoms with Crippen LogP contribution in [-0.4, -0.2) is 17.7 Å². The Bertz CT molecular complexity index is 401. The molecule has 0 bridgehead atoms. The van der Waals surface area contributed by atoms with E-state index in [1.807, 2.05) is 12.1 Å². The van der Waals surface area contributed by atoms with E-state index in [-0.39, 0.29) is 5.78 Å². The molecule has 1 aromatic carbocycles. The summed E-state index contributed by atoms with van der Waals surface area (Å²) in [7, 11) is 0. The quantitative estimate of drug-likeness (QED) is 0.368. The van der Waals surface area contributed by atoms with Gasteiger partial charge in [-0.15, -0.1) is 6.58 Å². The van der Waals surface area contributed by atoms with Gasteiger partial charge in [0, 0.05) is 13.0 Å². The van der Waals surface area contributed by atoms with Gasteiger partial charge >= 0.3 is 0 Å². The molecule has 0 aliphatic rings. The predicted octanol–water partition coefficient (Wildman–Crippen LogP) is 4.07. The van der Waals surface area contributed by atoms with Crippen molar-refractivity contribution in [2.75, 3.05) is 11.9 Å². The number of hydrogen-bond donors (Lipinski definition) is 0. The highest BCUT2D eigenvalue weighted by atomic mass is 79.9. The third-order valence-electron chi connectivity index (χ3n) is 2.78. The van der Waals surface area contributed by atoms with Crippen LogP contribution < -0.4 is 0 Å². The van der Waals surface area contributed by atoms with Crippen LogP contribution in [0.25, 0.3) is 0 Å². The zero-order valence-corrected chi connectivity index (χ0v) is 12.8. The lowest BCUT2D eigenvalue weighted by atomic mass is 10.1. The lowest BCUT2D eigenvalue weighted by molar-refractivity contribution is -0.116. The zero-order valence-electron chi connectivity index (χ0n) is 11.2. The molecule has 0 fully saturated rings. The van der Waals surface area contributed by atoms with Crippen LogP contribution in [-0.2, 0) is 22.6 Å². The second-order valence-corrected chi connectivity index (χ2v) is 5.06. The Morgan fingerprint density at radius 3 is 2.84 bits per heavy atom. The summed E-state index contributed by atoms with van der Waals surface area (Å²) in [6, 6.07) is 8.36. The molecule has 0 amide bonds. The Labute approximate surface area is 124 Å². The first kappa shape index (κ1) is 16.1. The zero-order chi connectivity index (χ0) is 13.9. The van der Waals surface area contributed by atoms with Gasteiger partial charge in [0.1, 0.15) is 5.78 Å². The van der Waals surface area contributed by atoms with Crippen LogP contribution in [0.4, 0.5) is 0 Å². The first-order valence-corrected chi connectivity index (χ1v) is 7.72. The number of unbranched alkanes of at least 4 members (excludes halogenated alkanes) is 1. The maximum Gasteiger partial charge on any atom is 0.143 e. The van der Waals surface area contributed by atoms with Gasteiger partial charge < -0.3 is 4.74 Å². The minimum atomic E-state index is 0.261. The molecule has 0 N–H and O–H groups in total. The van der Waals surface area contributed by atoms with Gasteiger partial charge in [0.2, 0.25) is 0 Å². The standard InChI is InChI=1S/C16H21BrO2/c1-2-6-14-7-5-8-15(11-14)13-19-10-4-3-9-16(18)12-17/h2,5,7-8,11H,1,3-4,6,9-10,12-13H2. The Hall–Kier alpha value is -0.930. The molecule has 0 spiro atoms. The molecule has 19 heavy (non-hydrogen) atoms. The molecule has 1 aromatic rings. The van der Waals surface area contributed by atoms with Crippen molar-refractivity contribution in [3.63, 3.8) is 0 Å². The first-order chi connectivity index (χ1) is 9.26. The molecule has 0 aliphatic carbocycles. The third-order valence-corrected chi connectivity index (χ3v) is 3.41. The second-order valence-electron chi connectivity index (χ2n) is 4.49. The normalized spacial score (nSPS) is 10.4. The van der Waals surface area contributed by atoms with Gasteiger partial charge in [0.05, 0.1) is 11.9 Å². The van der Waals surface area contributed by atoms with E-state index in [2.05, 4.69) is 40.7 Å². The van der Waals surface area contributed by atoms with Crippen LogP contribution in [0.3, 0.4) is 0 Å². The average molecular weight is 325 g/mol. The molecule has 104 valence electrons. The van der Waals surface area contributed by atoms with Crippen molar-refractivity contribution in [2.24, 2.45) is 0 Å². The van der Waals surface area contributed by atoms with E-state index >= 15 is 0 Å². The van der Waals surface area contributed by atoms with Gasteiger partial charge in [-0.2, -0.15) is 0 Å². The summed E-state index contributed by atoms with van der Waals surface area (Å²) in [5.74, 6) is 0.261. The summed E-state index contributed by atoms with van der Waals surface area (Å²) in [5, 5.41) is 0.462. The molecular weight excluding hydrogens is 304 g/mol. The summed E-state index contributed by atoms with van der Waals surface area (Å²) in [5.41, 5.74) is 2.45. The summed E-state index contributed by atoms with van der Waals surface area (Å²) < 4.78 is 5.62. The van der Waals surface area contributed by atoms with E-state index in [9.17, 15) is 4.79 Å². The molecule has 0 heterocycles. The topological polar surface area (TPSA) is 26.3 Å². The Morgan fingerprint density at radius 1 is 1.32 bits per heavy atom. The summed E-state index contributed by atoms with van der Waals surface area (Å²) >= 11 is 3.16. The number of ether oxygens (including phenoxy) is 1. The molecule has 0 aromatic heterocycles. The molecule has 2 nitrogen and oxygen atoms in total. The van der Waals surface area contributed by atoms with Crippen LogP contribution in [0.5, 0.6) is 0 Å². The monoisotopic (exact) mass is 324 g/mol. The van der Waals surface area contributed by atoms with E-state index in [4.69, 9.17) is 4.74 Å². The number of allylic oxidation sites excluding steroid dienone is 1. The average Bonchev–Trinajstić information content (AvgIpc) is 2.43. The van der Waals surface area contributed by atoms with Crippen molar-refractivity contribution in [2.45, 2.75) is 32.3 Å². The molecule has 0 atom stereocenters. The van der Waals surface area contributed by atoms with Crippen molar-refractivity contribution in [3.8, 4) is 0 Å². The summed E-state index contributed by atoms with van der Waals surface area (Å²) in [4.78, 5) is 11.1. The molecule has 0 aliphatic heterocycles. The smallest absolute Gasteiger partial charge is 0.143 e. The van der Waals surface area contributed by atoms with E-state index < -0.39 is 0 Å². The Balaban J connectivity index is 2.17. The van der Waals surface area contributed by atoms with E-state index in [0.717, 1.165) is 19.3 Å². The van der Waals surface area contributed by atoms with Crippen LogP contribution >= 0.6 is 15.9 Å². The van der Waals surface area contributed by atoms with Crippen LogP contribution in [0, 0.1) is 0 Å². The fourth-order valence-corrected chi connectivity index (χ4v) is 2.08. The van der Waals surface area contributed by atoms with Crippen LogP contribution in [0.1, 0.15) is 30.4 Å². The van der Waals surface area contributed by atoms with E-state index in [1.165, 1.54) is 11.1 Å². The van der Waals surface area contributed by atoms with Gasteiger partial charge in [-0.05, 0) is 30.4 Å². The number of halogens is 1. The number of Topliss-reactive ketones (excluding diaryl/α,β-unsaturated/α-hetero) is 1. The van der Waals surface area contributed by atoms with Crippen molar-refractivity contribution < 1.29 is 9.53 Å². The maximum atomic E-state index is 11.1. The largest absolute Gasteiger partial charge is 0.377 e. The number of alkyl halides is 1. The number of rotatable bonds is 10.